The third kappa shape index (κ3) is 5.02. The molecule has 4 aromatic carbocycles. The van der Waals surface area contributed by atoms with Crippen LogP contribution in [0.15, 0.2) is 103 Å². The molecule has 0 radical (unpaired) electrons. The summed E-state index contributed by atoms with van der Waals surface area (Å²) >= 11 is 0. The van der Waals surface area contributed by atoms with Gasteiger partial charge in [0.05, 0.1) is 0 Å². The first kappa shape index (κ1) is 22.1. The molecule has 0 saturated carbocycles. The lowest BCUT2D eigenvalue weighted by Crippen LogP contribution is -2.31. The summed E-state index contributed by atoms with van der Waals surface area (Å²) in [4.78, 5) is 0. The van der Waals surface area contributed by atoms with E-state index in [1.807, 2.05) is 0 Å². The fraction of sp³-hybridized carbons (Fsp3) is 0.250. The molecule has 0 nitrogen and oxygen atoms in total. The molecule has 0 atom stereocenters. The number of aryl methyl sites for hydroxylation is 4. The molecule has 0 spiro atoms. The molecule has 0 aliphatic carbocycles. The Labute approximate surface area is 194 Å². The van der Waals surface area contributed by atoms with E-state index in [2.05, 4.69) is 124 Å². The van der Waals surface area contributed by atoms with Gasteiger partial charge in [0.2, 0.25) is 0 Å². The fourth-order valence-electron chi connectivity index (χ4n) is 5.05. The summed E-state index contributed by atoms with van der Waals surface area (Å²) in [6.07, 6.45) is 4.39. The molecular weight excluding hydrogens is 384 g/mol. The van der Waals surface area contributed by atoms with Gasteiger partial charge in [0.15, 0.2) is 0 Å². The second kappa shape index (κ2) is 10.0. The van der Waals surface area contributed by atoms with Crippen LogP contribution in [0.3, 0.4) is 0 Å². The van der Waals surface area contributed by atoms with Crippen LogP contribution in [-0.4, -0.2) is 0 Å². The minimum absolute atomic E-state index is 0.0535. The van der Waals surface area contributed by atoms with Crippen molar-refractivity contribution in [3.8, 4) is 0 Å². The van der Waals surface area contributed by atoms with Gasteiger partial charge in [-0.15, -0.1) is 0 Å². The Morgan fingerprint density at radius 3 is 1.78 bits per heavy atom. The smallest absolute Gasteiger partial charge is 0.0243 e. The van der Waals surface area contributed by atoms with Crippen LogP contribution in [0.4, 0.5) is 0 Å². The van der Waals surface area contributed by atoms with E-state index in [4.69, 9.17) is 0 Å². The van der Waals surface area contributed by atoms with Crippen molar-refractivity contribution in [2.75, 3.05) is 0 Å². The molecule has 0 heteroatoms. The fourth-order valence-corrected chi connectivity index (χ4v) is 5.05. The van der Waals surface area contributed by atoms with E-state index in [0.717, 1.165) is 25.7 Å². The van der Waals surface area contributed by atoms with Crippen LogP contribution >= 0.6 is 0 Å². The van der Waals surface area contributed by atoms with E-state index in [1.165, 1.54) is 38.9 Å². The number of hydrogen-bond donors (Lipinski definition) is 0. The lowest BCUT2D eigenvalue weighted by molar-refractivity contribution is 0.451. The molecule has 0 unspecified atom stereocenters. The molecule has 0 aliphatic rings. The van der Waals surface area contributed by atoms with Gasteiger partial charge in [0, 0.05) is 5.41 Å². The third-order valence-corrected chi connectivity index (χ3v) is 6.80. The summed E-state index contributed by atoms with van der Waals surface area (Å²) in [6, 6.07) is 38.2. The number of rotatable bonds is 8. The minimum Gasteiger partial charge on any atom is -0.0622 e. The zero-order valence-corrected chi connectivity index (χ0v) is 19.6. The molecule has 4 aromatic rings. The van der Waals surface area contributed by atoms with Crippen LogP contribution in [0, 0.1) is 20.8 Å². The molecular formula is C32H34. The van der Waals surface area contributed by atoms with Crippen LogP contribution in [0.25, 0.3) is 0 Å². The first-order valence-corrected chi connectivity index (χ1v) is 11.8. The highest BCUT2D eigenvalue weighted by molar-refractivity contribution is 5.44. The van der Waals surface area contributed by atoms with E-state index in [-0.39, 0.29) is 5.41 Å². The predicted octanol–water partition coefficient (Wildman–Crippen LogP) is 8.16. The molecule has 0 heterocycles. The lowest BCUT2D eigenvalue weighted by atomic mass is 9.67. The van der Waals surface area contributed by atoms with Crippen molar-refractivity contribution in [1.82, 2.24) is 0 Å². The first-order valence-electron chi connectivity index (χ1n) is 11.8. The molecule has 0 fully saturated rings. The molecule has 0 bridgehead atoms. The summed E-state index contributed by atoms with van der Waals surface area (Å²) in [6.45, 7) is 6.65. The Bertz CT molecular complexity index is 1110. The molecule has 32 heavy (non-hydrogen) atoms. The van der Waals surface area contributed by atoms with Gasteiger partial charge in [-0.1, -0.05) is 114 Å². The van der Waals surface area contributed by atoms with Gasteiger partial charge in [0.25, 0.3) is 0 Å². The van der Waals surface area contributed by atoms with Crippen molar-refractivity contribution in [3.05, 3.63) is 142 Å². The Kier molecular flexibility index (Phi) is 6.90. The molecule has 0 N–H and O–H groups in total. The van der Waals surface area contributed by atoms with Gasteiger partial charge < -0.3 is 0 Å². The quantitative estimate of drug-likeness (QED) is 0.271. The summed E-state index contributed by atoms with van der Waals surface area (Å²) in [7, 11) is 0. The van der Waals surface area contributed by atoms with Crippen LogP contribution in [-0.2, 0) is 18.3 Å². The van der Waals surface area contributed by atoms with Gasteiger partial charge in [-0.2, -0.15) is 0 Å². The SMILES string of the molecule is Cc1cccc(C(CCCc2ccccc2C)(Cc2ccccc2)c2cccc(C)c2)c1. The van der Waals surface area contributed by atoms with Crippen molar-refractivity contribution < 1.29 is 0 Å². The van der Waals surface area contributed by atoms with E-state index < -0.39 is 0 Å². The van der Waals surface area contributed by atoms with Crippen molar-refractivity contribution in [2.45, 2.75) is 51.9 Å². The largest absolute Gasteiger partial charge is 0.0622 e. The average molecular weight is 419 g/mol. The van der Waals surface area contributed by atoms with Gasteiger partial charge in [0.1, 0.15) is 0 Å². The monoisotopic (exact) mass is 418 g/mol. The van der Waals surface area contributed by atoms with Gasteiger partial charge >= 0.3 is 0 Å². The van der Waals surface area contributed by atoms with E-state index in [9.17, 15) is 0 Å². The Morgan fingerprint density at radius 2 is 1.19 bits per heavy atom. The molecule has 4 rings (SSSR count). The first-order chi connectivity index (χ1) is 15.6. The van der Waals surface area contributed by atoms with Crippen molar-refractivity contribution in [1.29, 1.82) is 0 Å². The zero-order chi connectivity index (χ0) is 22.4. The van der Waals surface area contributed by atoms with Crippen molar-refractivity contribution in [2.24, 2.45) is 0 Å². The lowest BCUT2D eigenvalue weighted by Gasteiger charge is -2.36. The molecule has 162 valence electrons. The van der Waals surface area contributed by atoms with Gasteiger partial charge in [-0.05, 0) is 74.3 Å². The highest BCUT2D eigenvalue weighted by Gasteiger charge is 2.34. The maximum absolute atomic E-state index is 2.40. The summed E-state index contributed by atoms with van der Waals surface area (Å²) in [5.41, 5.74) is 9.71. The second-order valence-electron chi connectivity index (χ2n) is 9.26. The summed E-state index contributed by atoms with van der Waals surface area (Å²) in [5, 5.41) is 0. The molecule has 0 aliphatic heterocycles. The van der Waals surface area contributed by atoms with Gasteiger partial charge in [-0.25, -0.2) is 0 Å². The Morgan fingerprint density at radius 1 is 0.594 bits per heavy atom. The standard InChI is InChI=1S/C32H34/c1-25-12-9-19-30(22-25)32(24-28-15-5-4-6-16-28,31-20-10-13-26(2)23-31)21-11-18-29-17-8-7-14-27(29)3/h4-10,12-17,19-20,22-23H,11,18,21,24H2,1-3H3. The number of hydrogen-bond acceptors (Lipinski definition) is 0. The van der Waals surface area contributed by atoms with Crippen molar-refractivity contribution >= 4 is 0 Å². The number of benzene rings is 4. The highest BCUT2D eigenvalue weighted by atomic mass is 14.4. The second-order valence-corrected chi connectivity index (χ2v) is 9.26. The topological polar surface area (TPSA) is 0 Å². The average Bonchev–Trinajstić information content (AvgIpc) is 2.80. The van der Waals surface area contributed by atoms with E-state index in [0.29, 0.717) is 0 Å². The maximum Gasteiger partial charge on any atom is 0.0243 e. The summed E-state index contributed by atoms with van der Waals surface area (Å²) in [5.74, 6) is 0. The molecule has 0 aromatic heterocycles. The normalized spacial score (nSPS) is 11.5. The minimum atomic E-state index is -0.0535. The highest BCUT2D eigenvalue weighted by Crippen LogP contribution is 2.41. The van der Waals surface area contributed by atoms with Crippen LogP contribution in [0.5, 0.6) is 0 Å². The maximum atomic E-state index is 2.40. The van der Waals surface area contributed by atoms with Crippen LogP contribution < -0.4 is 0 Å². The van der Waals surface area contributed by atoms with Crippen molar-refractivity contribution in [3.63, 3.8) is 0 Å². The van der Waals surface area contributed by atoms with Crippen LogP contribution in [0.1, 0.15) is 51.8 Å². The Balaban J connectivity index is 1.79. The summed E-state index contributed by atoms with van der Waals surface area (Å²) < 4.78 is 0. The predicted molar refractivity (Wildman–Crippen MR) is 137 cm³/mol. The molecule has 0 amide bonds. The third-order valence-electron chi connectivity index (χ3n) is 6.80. The molecule has 0 saturated heterocycles. The zero-order valence-electron chi connectivity index (χ0n) is 19.6. The Hall–Kier alpha value is -3.12. The van der Waals surface area contributed by atoms with E-state index in [1.54, 1.807) is 0 Å². The van der Waals surface area contributed by atoms with E-state index >= 15 is 0 Å². The van der Waals surface area contributed by atoms with Gasteiger partial charge in [-0.3, -0.25) is 0 Å². The van der Waals surface area contributed by atoms with Crippen LogP contribution in [0.2, 0.25) is 0 Å².